The van der Waals surface area contributed by atoms with Crippen LogP contribution in [0.4, 0.5) is 0 Å². The normalized spacial score (nSPS) is 12.3. The maximum absolute atomic E-state index is 12.4. The molecule has 0 fully saturated rings. The predicted molar refractivity (Wildman–Crippen MR) is 153 cm³/mol. The summed E-state index contributed by atoms with van der Waals surface area (Å²) in [5, 5.41) is 8.69. The summed E-state index contributed by atoms with van der Waals surface area (Å²) in [5.74, 6) is -0.683. The van der Waals surface area contributed by atoms with Gasteiger partial charge in [-0.15, -0.1) is 0 Å². The molecule has 0 radical (unpaired) electrons. The van der Waals surface area contributed by atoms with E-state index < -0.39 is 5.97 Å². The van der Waals surface area contributed by atoms with Gasteiger partial charge in [0, 0.05) is 12.8 Å². The third-order valence-electron chi connectivity index (χ3n) is 6.99. The van der Waals surface area contributed by atoms with Crippen molar-refractivity contribution in [3.63, 3.8) is 0 Å². The van der Waals surface area contributed by atoms with Crippen LogP contribution >= 0.6 is 0 Å². The van der Waals surface area contributed by atoms with Crippen LogP contribution in [-0.4, -0.2) is 23.1 Å². The molecule has 0 aliphatic heterocycles. The van der Waals surface area contributed by atoms with Crippen LogP contribution in [0, 0.1) is 0 Å². The Morgan fingerprint density at radius 3 is 1.58 bits per heavy atom. The summed E-state index contributed by atoms with van der Waals surface area (Å²) in [5.41, 5.74) is 0. The van der Waals surface area contributed by atoms with Gasteiger partial charge in [-0.05, 0) is 57.8 Å². The number of ether oxygens (including phenoxy) is 1. The van der Waals surface area contributed by atoms with Crippen LogP contribution in [0.15, 0.2) is 12.2 Å². The first-order chi connectivity index (χ1) is 17.6. The van der Waals surface area contributed by atoms with E-state index in [4.69, 9.17) is 9.84 Å². The number of allylic oxidation sites excluding steroid dienone is 2. The minimum Gasteiger partial charge on any atom is -0.481 e. The largest absolute Gasteiger partial charge is 0.481 e. The standard InChI is InChI=1S/C32H60O4/c1-3-5-7-9-10-11-12-13-14-18-21-25-29-32(35)36-30(26-22-8-6-4-2)27-23-19-16-15-17-20-24-28-31(33)34/h9-10,30H,3-8,11-29H2,1-2H3,(H,33,34)/b10-9-. The first kappa shape index (κ1) is 34.7. The number of carboxylic acids is 1. The smallest absolute Gasteiger partial charge is 0.306 e. The minimum atomic E-state index is -0.689. The first-order valence-corrected chi connectivity index (χ1v) is 15.7. The second-order valence-corrected chi connectivity index (χ2v) is 10.6. The molecule has 0 amide bonds. The highest BCUT2D eigenvalue weighted by Gasteiger charge is 2.14. The molecule has 0 aliphatic carbocycles. The molecule has 4 heteroatoms. The molecular formula is C32H60O4. The molecule has 0 heterocycles. The van der Waals surface area contributed by atoms with Crippen molar-refractivity contribution in [1.82, 2.24) is 0 Å². The van der Waals surface area contributed by atoms with Gasteiger partial charge in [0.15, 0.2) is 0 Å². The van der Waals surface area contributed by atoms with E-state index in [0.29, 0.717) is 12.8 Å². The molecule has 1 atom stereocenters. The van der Waals surface area contributed by atoms with Gasteiger partial charge in [-0.2, -0.15) is 0 Å². The molecule has 0 aromatic carbocycles. The Kier molecular flexibility index (Phi) is 27.2. The quantitative estimate of drug-likeness (QED) is 0.0648. The second-order valence-electron chi connectivity index (χ2n) is 10.6. The number of aliphatic carboxylic acids is 1. The SMILES string of the molecule is CCCC/C=C\CCCCCCCCC(=O)OC(CCCCCC)CCCCCCCCCC(=O)O. The van der Waals surface area contributed by atoms with Gasteiger partial charge in [0.2, 0.25) is 0 Å². The molecular weight excluding hydrogens is 448 g/mol. The number of rotatable bonds is 28. The van der Waals surface area contributed by atoms with Crippen molar-refractivity contribution in [3.8, 4) is 0 Å². The molecule has 0 aromatic heterocycles. The fourth-order valence-corrected chi connectivity index (χ4v) is 4.63. The minimum absolute atomic E-state index is 0.00568. The molecule has 4 nitrogen and oxygen atoms in total. The Morgan fingerprint density at radius 1 is 0.583 bits per heavy atom. The lowest BCUT2D eigenvalue weighted by Gasteiger charge is -2.18. The summed E-state index contributed by atoms with van der Waals surface area (Å²) in [7, 11) is 0. The van der Waals surface area contributed by atoms with Crippen LogP contribution < -0.4 is 0 Å². The van der Waals surface area contributed by atoms with Crippen LogP contribution in [0.3, 0.4) is 0 Å². The average Bonchev–Trinajstić information content (AvgIpc) is 2.85. The van der Waals surface area contributed by atoms with Crippen molar-refractivity contribution in [2.24, 2.45) is 0 Å². The van der Waals surface area contributed by atoms with Crippen LogP contribution in [0.25, 0.3) is 0 Å². The van der Waals surface area contributed by atoms with E-state index >= 15 is 0 Å². The first-order valence-electron chi connectivity index (χ1n) is 15.7. The lowest BCUT2D eigenvalue weighted by Crippen LogP contribution is -2.18. The Balaban J connectivity index is 3.88. The Bertz CT molecular complexity index is 514. The zero-order chi connectivity index (χ0) is 26.5. The molecule has 1 N–H and O–H groups in total. The van der Waals surface area contributed by atoms with E-state index in [2.05, 4.69) is 26.0 Å². The molecule has 212 valence electrons. The van der Waals surface area contributed by atoms with Crippen molar-refractivity contribution in [2.45, 2.75) is 180 Å². The number of carbonyl (C=O) groups is 2. The molecule has 0 rings (SSSR count). The summed E-state index contributed by atoms with van der Waals surface area (Å²) in [6.45, 7) is 4.46. The molecule has 0 saturated heterocycles. The highest BCUT2D eigenvalue weighted by molar-refractivity contribution is 5.69. The second kappa shape index (κ2) is 28.3. The van der Waals surface area contributed by atoms with Gasteiger partial charge in [0.25, 0.3) is 0 Å². The number of hydrogen-bond donors (Lipinski definition) is 1. The average molecular weight is 509 g/mol. The van der Waals surface area contributed by atoms with Gasteiger partial charge in [-0.3, -0.25) is 9.59 Å². The molecule has 0 saturated carbocycles. The van der Waals surface area contributed by atoms with E-state index in [1.54, 1.807) is 0 Å². The maximum atomic E-state index is 12.4. The van der Waals surface area contributed by atoms with E-state index in [1.165, 1.54) is 89.9 Å². The number of hydrogen-bond acceptors (Lipinski definition) is 3. The lowest BCUT2D eigenvalue weighted by atomic mass is 10.0. The summed E-state index contributed by atoms with van der Waals surface area (Å²) in [6, 6.07) is 0. The van der Waals surface area contributed by atoms with Gasteiger partial charge in [0.05, 0.1) is 0 Å². The molecule has 0 aromatic rings. The van der Waals surface area contributed by atoms with Crippen LogP contribution in [-0.2, 0) is 14.3 Å². The number of unbranched alkanes of at least 4 members (excludes halogenated alkanes) is 17. The van der Waals surface area contributed by atoms with Crippen LogP contribution in [0.5, 0.6) is 0 Å². The van der Waals surface area contributed by atoms with Gasteiger partial charge in [-0.1, -0.05) is 116 Å². The van der Waals surface area contributed by atoms with E-state index in [1.807, 2.05) is 0 Å². The van der Waals surface area contributed by atoms with E-state index in [-0.39, 0.29) is 12.1 Å². The van der Waals surface area contributed by atoms with Gasteiger partial charge in [-0.25, -0.2) is 0 Å². The fraction of sp³-hybridized carbons (Fsp3) is 0.875. The van der Waals surface area contributed by atoms with Crippen molar-refractivity contribution in [1.29, 1.82) is 0 Å². The third kappa shape index (κ3) is 27.3. The highest BCUT2D eigenvalue weighted by Crippen LogP contribution is 2.18. The summed E-state index contributed by atoms with van der Waals surface area (Å²) in [4.78, 5) is 23.0. The van der Waals surface area contributed by atoms with E-state index in [9.17, 15) is 9.59 Å². The summed E-state index contributed by atoms with van der Waals surface area (Å²) < 4.78 is 5.91. The Labute approximate surface area is 224 Å². The summed E-state index contributed by atoms with van der Waals surface area (Å²) in [6.07, 6.45) is 32.3. The Morgan fingerprint density at radius 2 is 1.03 bits per heavy atom. The van der Waals surface area contributed by atoms with Crippen LogP contribution in [0.1, 0.15) is 174 Å². The van der Waals surface area contributed by atoms with Gasteiger partial charge in [0.1, 0.15) is 6.10 Å². The third-order valence-corrected chi connectivity index (χ3v) is 6.99. The van der Waals surface area contributed by atoms with Gasteiger partial charge < -0.3 is 9.84 Å². The monoisotopic (exact) mass is 508 g/mol. The maximum Gasteiger partial charge on any atom is 0.306 e. The Hall–Kier alpha value is -1.32. The number of esters is 1. The van der Waals surface area contributed by atoms with Crippen molar-refractivity contribution in [3.05, 3.63) is 12.2 Å². The zero-order valence-electron chi connectivity index (χ0n) is 24.1. The van der Waals surface area contributed by atoms with Crippen molar-refractivity contribution < 1.29 is 19.4 Å². The van der Waals surface area contributed by atoms with Crippen LogP contribution in [0.2, 0.25) is 0 Å². The number of carbonyl (C=O) groups excluding carboxylic acids is 1. The topological polar surface area (TPSA) is 63.6 Å². The lowest BCUT2D eigenvalue weighted by molar-refractivity contribution is -0.150. The fourth-order valence-electron chi connectivity index (χ4n) is 4.63. The number of carboxylic acid groups (broad SMARTS) is 1. The predicted octanol–water partition coefficient (Wildman–Crippen LogP) is 10.3. The van der Waals surface area contributed by atoms with Gasteiger partial charge >= 0.3 is 11.9 Å². The molecule has 0 aliphatic rings. The summed E-state index contributed by atoms with van der Waals surface area (Å²) >= 11 is 0. The zero-order valence-corrected chi connectivity index (χ0v) is 24.1. The molecule has 1 unspecified atom stereocenters. The molecule has 0 bridgehead atoms. The highest BCUT2D eigenvalue weighted by atomic mass is 16.5. The van der Waals surface area contributed by atoms with E-state index in [0.717, 1.165) is 57.8 Å². The molecule has 0 spiro atoms. The van der Waals surface area contributed by atoms with Crippen molar-refractivity contribution in [2.75, 3.05) is 0 Å². The molecule has 36 heavy (non-hydrogen) atoms. The van der Waals surface area contributed by atoms with Crippen molar-refractivity contribution >= 4 is 11.9 Å².